The van der Waals surface area contributed by atoms with E-state index in [0.29, 0.717) is 13.0 Å². The normalized spacial score (nSPS) is 19.4. The van der Waals surface area contributed by atoms with Crippen LogP contribution >= 0.6 is 0 Å². The third kappa shape index (κ3) is 3.74. The van der Waals surface area contributed by atoms with Gasteiger partial charge in [-0.25, -0.2) is 13.1 Å². The van der Waals surface area contributed by atoms with E-state index in [2.05, 4.69) is 4.72 Å². The average Bonchev–Trinajstić information content (AvgIpc) is 2.46. The predicted octanol–water partition coefficient (Wildman–Crippen LogP) is 1.58. The Morgan fingerprint density at radius 1 is 1.43 bits per heavy atom. The van der Waals surface area contributed by atoms with E-state index in [-0.39, 0.29) is 12.6 Å². The van der Waals surface area contributed by atoms with Crippen LogP contribution in [0.2, 0.25) is 0 Å². The maximum absolute atomic E-state index is 13.5. The molecule has 1 saturated heterocycles. The number of hydrogen-bond acceptors (Lipinski definition) is 5. The third-order valence-corrected chi connectivity index (χ3v) is 4.65. The molecule has 1 aliphatic heterocycles. The minimum atomic E-state index is -4.17. The molecule has 1 N–H and O–H groups in total. The first kappa shape index (κ1) is 15.8. The van der Waals surface area contributed by atoms with Gasteiger partial charge < -0.3 is 4.74 Å². The van der Waals surface area contributed by atoms with Crippen molar-refractivity contribution in [2.24, 2.45) is 0 Å². The summed E-state index contributed by atoms with van der Waals surface area (Å²) in [4.78, 5) is 9.13. The molecule has 9 heteroatoms. The lowest BCUT2D eigenvalue weighted by Gasteiger charge is -2.22. The molecular weight excluding hydrogens is 303 g/mol. The Balaban J connectivity index is 2.19. The molecule has 0 spiro atoms. The van der Waals surface area contributed by atoms with Crippen LogP contribution in [0, 0.1) is 15.9 Å². The predicted molar refractivity (Wildman–Crippen MR) is 71.8 cm³/mol. The van der Waals surface area contributed by atoms with Gasteiger partial charge in [0.05, 0.1) is 11.0 Å². The minimum Gasteiger partial charge on any atom is -0.377 e. The number of nitrogens with zero attached hydrogens (tertiary/aromatic N) is 1. The second kappa shape index (κ2) is 6.46. The zero-order chi connectivity index (χ0) is 15.5. The van der Waals surface area contributed by atoms with Crippen molar-refractivity contribution in [3.05, 3.63) is 34.1 Å². The second-order valence-corrected chi connectivity index (χ2v) is 6.42. The van der Waals surface area contributed by atoms with Crippen molar-refractivity contribution in [1.29, 1.82) is 0 Å². The molecule has 21 heavy (non-hydrogen) atoms. The molecule has 0 bridgehead atoms. The molecule has 0 aliphatic carbocycles. The van der Waals surface area contributed by atoms with E-state index in [4.69, 9.17) is 4.74 Å². The van der Waals surface area contributed by atoms with E-state index in [0.717, 1.165) is 31.0 Å². The summed E-state index contributed by atoms with van der Waals surface area (Å²) in [5.74, 6) is -1.18. The SMILES string of the molecule is O=[N+]([O-])c1c(F)cccc1S(=O)(=O)NCC1CCCCO1. The van der Waals surface area contributed by atoms with Gasteiger partial charge in [-0.05, 0) is 31.4 Å². The second-order valence-electron chi connectivity index (χ2n) is 4.68. The van der Waals surface area contributed by atoms with Crippen molar-refractivity contribution in [2.45, 2.75) is 30.3 Å². The zero-order valence-corrected chi connectivity index (χ0v) is 11.9. The van der Waals surface area contributed by atoms with Gasteiger partial charge in [-0.2, -0.15) is 4.39 Å². The lowest BCUT2D eigenvalue weighted by atomic mass is 10.1. The molecule has 1 fully saturated rings. The van der Waals surface area contributed by atoms with Crippen molar-refractivity contribution >= 4 is 15.7 Å². The van der Waals surface area contributed by atoms with Crippen molar-refractivity contribution in [3.8, 4) is 0 Å². The van der Waals surface area contributed by atoms with E-state index in [9.17, 15) is 22.9 Å². The number of nitro benzene ring substituents is 1. The monoisotopic (exact) mass is 318 g/mol. The summed E-state index contributed by atoms with van der Waals surface area (Å²) in [6.07, 6.45) is 2.32. The van der Waals surface area contributed by atoms with Crippen LogP contribution in [0.3, 0.4) is 0 Å². The number of nitro groups is 1. The fraction of sp³-hybridized carbons (Fsp3) is 0.500. The van der Waals surface area contributed by atoms with Crippen molar-refractivity contribution in [1.82, 2.24) is 4.72 Å². The molecule has 116 valence electrons. The Labute approximate surface area is 121 Å². The first-order valence-corrected chi connectivity index (χ1v) is 7.94. The zero-order valence-electron chi connectivity index (χ0n) is 11.1. The summed E-state index contributed by atoms with van der Waals surface area (Å²) in [5, 5.41) is 10.8. The summed E-state index contributed by atoms with van der Waals surface area (Å²) < 4.78 is 45.3. The largest absolute Gasteiger partial charge is 0.377 e. The molecule has 1 aromatic carbocycles. The summed E-state index contributed by atoms with van der Waals surface area (Å²) in [7, 11) is -4.17. The smallest absolute Gasteiger partial charge is 0.324 e. The van der Waals surface area contributed by atoms with E-state index < -0.39 is 31.3 Å². The topological polar surface area (TPSA) is 98.5 Å². The van der Waals surface area contributed by atoms with Gasteiger partial charge in [-0.15, -0.1) is 0 Å². The number of hydrogen-bond donors (Lipinski definition) is 1. The number of sulfonamides is 1. The summed E-state index contributed by atoms with van der Waals surface area (Å²) in [5.41, 5.74) is -1.05. The van der Waals surface area contributed by atoms with Crippen LogP contribution in [0.15, 0.2) is 23.1 Å². The van der Waals surface area contributed by atoms with Crippen LogP contribution < -0.4 is 4.72 Å². The van der Waals surface area contributed by atoms with E-state index in [1.165, 1.54) is 0 Å². The molecule has 0 radical (unpaired) electrons. The van der Waals surface area contributed by atoms with Crippen LogP contribution in [0.25, 0.3) is 0 Å². The highest BCUT2D eigenvalue weighted by Gasteiger charge is 2.30. The molecular formula is C12H15FN2O5S. The van der Waals surface area contributed by atoms with Gasteiger partial charge in [0.25, 0.3) is 0 Å². The number of rotatable bonds is 5. The summed E-state index contributed by atoms with van der Waals surface area (Å²) in [6, 6.07) is 2.97. The van der Waals surface area contributed by atoms with Crippen LogP contribution in [0.1, 0.15) is 19.3 Å². The van der Waals surface area contributed by atoms with Crippen LogP contribution in [-0.2, 0) is 14.8 Å². The quantitative estimate of drug-likeness (QED) is 0.656. The molecule has 0 saturated carbocycles. The summed E-state index contributed by atoms with van der Waals surface area (Å²) in [6.45, 7) is 0.572. The van der Waals surface area contributed by atoms with Gasteiger partial charge in [0.15, 0.2) is 4.90 Å². The van der Waals surface area contributed by atoms with Crippen molar-refractivity contribution < 1.29 is 22.5 Å². The Kier molecular flexibility index (Phi) is 4.86. The lowest BCUT2D eigenvalue weighted by molar-refractivity contribution is -0.390. The number of benzene rings is 1. The highest BCUT2D eigenvalue weighted by atomic mass is 32.2. The van der Waals surface area contributed by atoms with E-state index in [1.807, 2.05) is 0 Å². The first-order chi connectivity index (χ1) is 9.92. The van der Waals surface area contributed by atoms with Gasteiger partial charge >= 0.3 is 5.69 Å². The maximum Gasteiger partial charge on any atom is 0.324 e. The van der Waals surface area contributed by atoms with E-state index >= 15 is 0 Å². The van der Waals surface area contributed by atoms with E-state index in [1.54, 1.807) is 0 Å². The van der Waals surface area contributed by atoms with Crippen LogP contribution in [-0.4, -0.2) is 32.6 Å². The Morgan fingerprint density at radius 2 is 2.19 bits per heavy atom. The van der Waals surface area contributed by atoms with Gasteiger partial charge in [0.2, 0.25) is 15.8 Å². The molecule has 1 aliphatic rings. The molecule has 7 nitrogen and oxygen atoms in total. The Hall–Kier alpha value is -1.58. The molecule has 1 unspecified atom stereocenters. The first-order valence-electron chi connectivity index (χ1n) is 6.46. The number of ether oxygens (including phenoxy) is 1. The highest BCUT2D eigenvalue weighted by molar-refractivity contribution is 7.89. The fourth-order valence-corrected chi connectivity index (χ4v) is 3.38. The van der Waals surface area contributed by atoms with Gasteiger partial charge in [0.1, 0.15) is 0 Å². The lowest BCUT2D eigenvalue weighted by Crippen LogP contribution is -2.35. The molecule has 2 rings (SSSR count). The molecule has 0 amide bonds. The number of para-hydroxylation sites is 1. The average molecular weight is 318 g/mol. The van der Waals surface area contributed by atoms with Gasteiger partial charge in [-0.3, -0.25) is 10.1 Å². The third-order valence-electron chi connectivity index (χ3n) is 3.20. The molecule has 1 aromatic rings. The van der Waals surface area contributed by atoms with Gasteiger partial charge in [0, 0.05) is 13.2 Å². The number of halogens is 1. The Bertz CT molecular complexity index is 629. The molecule has 1 atom stereocenters. The number of nitrogens with one attached hydrogen (secondary N) is 1. The minimum absolute atomic E-state index is 0.00992. The van der Waals surface area contributed by atoms with Crippen LogP contribution in [0.5, 0.6) is 0 Å². The Morgan fingerprint density at radius 3 is 2.81 bits per heavy atom. The molecule has 1 heterocycles. The van der Waals surface area contributed by atoms with Crippen molar-refractivity contribution in [2.75, 3.05) is 13.2 Å². The standard InChI is InChI=1S/C12H15FN2O5S/c13-10-5-3-6-11(12(10)15(16)17)21(18,19)14-8-9-4-1-2-7-20-9/h3,5-6,9,14H,1-2,4,7-8H2. The molecule has 0 aromatic heterocycles. The maximum atomic E-state index is 13.5. The summed E-state index contributed by atoms with van der Waals surface area (Å²) >= 11 is 0. The van der Waals surface area contributed by atoms with Crippen molar-refractivity contribution in [3.63, 3.8) is 0 Å². The fourth-order valence-electron chi connectivity index (χ4n) is 2.14. The highest BCUT2D eigenvalue weighted by Crippen LogP contribution is 2.26. The van der Waals surface area contributed by atoms with Crippen LogP contribution in [0.4, 0.5) is 10.1 Å². The van der Waals surface area contributed by atoms with Gasteiger partial charge in [-0.1, -0.05) is 6.07 Å².